The Bertz CT molecular complexity index is 952. The van der Waals surface area contributed by atoms with Crippen LogP contribution in [-0.4, -0.2) is 48.2 Å². The van der Waals surface area contributed by atoms with Crippen molar-refractivity contribution < 1.29 is 13.5 Å². The van der Waals surface area contributed by atoms with Gasteiger partial charge < -0.3 is 10.0 Å². The second kappa shape index (κ2) is 6.92. The molecule has 0 bridgehead atoms. The highest BCUT2D eigenvalue weighted by Crippen LogP contribution is 2.44. The Morgan fingerprint density at radius 1 is 1.30 bits per heavy atom. The Hall–Kier alpha value is -1.34. The Morgan fingerprint density at radius 3 is 2.56 bits per heavy atom. The van der Waals surface area contributed by atoms with Crippen LogP contribution in [0.3, 0.4) is 0 Å². The van der Waals surface area contributed by atoms with Crippen LogP contribution in [0.5, 0.6) is 0 Å². The molecular weight excluding hydrogens is 407 g/mol. The van der Waals surface area contributed by atoms with Crippen LogP contribution >= 0.6 is 23.2 Å². The van der Waals surface area contributed by atoms with E-state index in [0.29, 0.717) is 27.9 Å². The largest absolute Gasteiger partial charge is 0.381 e. The molecule has 3 rings (SSSR count). The van der Waals surface area contributed by atoms with Crippen LogP contribution in [0.4, 0.5) is 0 Å². The van der Waals surface area contributed by atoms with Crippen LogP contribution in [0.15, 0.2) is 57.2 Å². The Balaban J connectivity index is 1.86. The van der Waals surface area contributed by atoms with Crippen LogP contribution in [0, 0.1) is 0 Å². The van der Waals surface area contributed by atoms with Crippen molar-refractivity contribution in [3.05, 3.63) is 57.7 Å². The van der Waals surface area contributed by atoms with E-state index in [1.165, 1.54) is 6.92 Å². The monoisotopic (exact) mass is 428 g/mol. The molecule has 2 unspecified atom stereocenters. The fraction of sp³-hybridized carbons (Fsp3) is 0.421. The maximum Gasteiger partial charge on any atom is 0.157 e. The summed E-state index contributed by atoms with van der Waals surface area (Å²) in [6.45, 7) is 3.37. The normalized spacial score (nSPS) is 25.0. The third kappa shape index (κ3) is 4.09. The van der Waals surface area contributed by atoms with E-state index in [-0.39, 0.29) is 5.75 Å². The van der Waals surface area contributed by atoms with Crippen molar-refractivity contribution in [1.82, 2.24) is 4.90 Å². The Morgan fingerprint density at radius 2 is 1.93 bits per heavy atom. The standard InChI is InChI=1S/C19H22Cl2N2O3S/c1-18-10-15(21)14(20)9-16(18)23(3)17(22-18)19(2,24)12-27(25,26)11-13-7-5-4-6-8-13/h4-9,24H,10-12H2,1-3H3. The van der Waals surface area contributed by atoms with Crippen LogP contribution in [0.25, 0.3) is 0 Å². The number of benzene rings is 1. The molecule has 2 atom stereocenters. The lowest BCUT2D eigenvalue weighted by molar-refractivity contribution is 0.146. The fourth-order valence-corrected chi connectivity index (χ4v) is 5.94. The number of allylic oxidation sites excluding steroid dienone is 2. The molecule has 0 saturated heterocycles. The van der Waals surface area contributed by atoms with Crippen LogP contribution < -0.4 is 0 Å². The maximum absolute atomic E-state index is 12.7. The van der Waals surface area contributed by atoms with Gasteiger partial charge in [-0.05, 0) is 25.5 Å². The van der Waals surface area contributed by atoms with E-state index >= 15 is 0 Å². The number of hydrogen-bond acceptors (Lipinski definition) is 5. The molecule has 2 aliphatic rings. The minimum atomic E-state index is -3.57. The van der Waals surface area contributed by atoms with Crippen molar-refractivity contribution in [2.45, 2.75) is 37.2 Å². The summed E-state index contributed by atoms with van der Waals surface area (Å²) in [4.78, 5) is 6.37. The molecule has 8 heteroatoms. The van der Waals surface area contributed by atoms with Gasteiger partial charge in [0.05, 0.1) is 16.5 Å². The molecule has 146 valence electrons. The quantitative estimate of drug-likeness (QED) is 0.779. The summed E-state index contributed by atoms with van der Waals surface area (Å²) in [5.74, 6) is -0.278. The lowest BCUT2D eigenvalue weighted by Crippen LogP contribution is -2.48. The summed E-state index contributed by atoms with van der Waals surface area (Å²) in [6.07, 6.45) is 2.12. The summed E-state index contributed by atoms with van der Waals surface area (Å²) in [5.41, 5.74) is -0.858. The number of likely N-dealkylation sites (N-methyl/N-ethyl adjacent to an activating group) is 1. The van der Waals surface area contributed by atoms with Gasteiger partial charge in [0.25, 0.3) is 0 Å². The van der Waals surface area contributed by atoms with Gasteiger partial charge in [-0.3, -0.25) is 4.99 Å². The molecule has 0 saturated carbocycles. The fourth-order valence-electron chi connectivity index (χ4n) is 3.66. The van der Waals surface area contributed by atoms with Gasteiger partial charge >= 0.3 is 0 Å². The number of aliphatic hydroxyl groups is 1. The zero-order valence-corrected chi connectivity index (χ0v) is 17.7. The smallest absolute Gasteiger partial charge is 0.157 e. The topological polar surface area (TPSA) is 70.0 Å². The summed E-state index contributed by atoms with van der Waals surface area (Å²) >= 11 is 12.3. The molecule has 5 nitrogen and oxygen atoms in total. The first-order chi connectivity index (χ1) is 12.4. The zero-order valence-electron chi connectivity index (χ0n) is 15.4. The minimum absolute atomic E-state index is 0.139. The van der Waals surface area contributed by atoms with Crippen LogP contribution in [0.1, 0.15) is 25.8 Å². The van der Waals surface area contributed by atoms with Gasteiger partial charge in [-0.25, -0.2) is 8.42 Å². The maximum atomic E-state index is 12.7. The number of hydrogen-bond donors (Lipinski definition) is 1. The van der Waals surface area contributed by atoms with E-state index in [9.17, 15) is 13.5 Å². The highest BCUT2D eigenvalue weighted by Gasteiger charge is 2.48. The predicted molar refractivity (Wildman–Crippen MR) is 110 cm³/mol. The lowest BCUT2D eigenvalue weighted by atomic mass is 9.90. The van der Waals surface area contributed by atoms with Crippen LogP contribution in [0.2, 0.25) is 0 Å². The molecule has 1 aromatic carbocycles. The third-order valence-electron chi connectivity index (χ3n) is 4.82. The first-order valence-electron chi connectivity index (χ1n) is 8.51. The van der Waals surface area contributed by atoms with Crippen molar-refractivity contribution in [1.29, 1.82) is 0 Å². The minimum Gasteiger partial charge on any atom is -0.381 e. The molecule has 0 amide bonds. The Kier molecular flexibility index (Phi) is 5.23. The molecular formula is C19H22Cl2N2O3S. The number of sulfone groups is 1. The van der Waals surface area contributed by atoms with Gasteiger partial charge in [-0.15, -0.1) is 0 Å². The van der Waals surface area contributed by atoms with Gasteiger partial charge in [0.15, 0.2) is 9.84 Å². The van der Waals surface area contributed by atoms with Crippen molar-refractivity contribution in [2.75, 3.05) is 12.8 Å². The zero-order chi connectivity index (χ0) is 20.0. The summed E-state index contributed by atoms with van der Waals surface area (Å²) < 4.78 is 25.4. The number of aliphatic imine (C=N–C) groups is 1. The highest BCUT2D eigenvalue weighted by molar-refractivity contribution is 7.90. The molecule has 1 N–H and O–H groups in total. The first kappa shape index (κ1) is 20.4. The Labute approximate surface area is 169 Å². The molecule has 1 heterocycles. The number of nitrogens with zero attached hydrogens (tertiary/aromatic N) is 2. The summed E-state index contributed by atoms with van der Waals surface area (Å²) in [6, 6.07) is 8.91. The van der Waals surface area contributed by atoms with Crippen molar-refractivity contribution >= 4 is 38.9 Å². The summed E-state index contributed by atoms with van der Waals surface area (Å²) in [5, 5.41) is 12.0. The molecule has 1 aliphatic heterocycles. The number of fused-ring (bicyclic) bond motifs is 1. The van der Waals surface area contributed by atoms with E-state index in [0.717, 1.165) is 5.70 Å². The van der Waals surface area contributed by atoms with E-state index in [1.54, 1.807) is 42.3 Å². The lowest BCUT2D eigenvalue weighted by Gasteiger charge is -2.31. The molecule has 0 spiro atoms. The predicted octanol–water partition coefficient (Wildman–Crippen LogP) is 3.43. The highest BCUT2D eigenvalue weighted by atomic mass is 35.5. The van der Waals surface area contributed by atoms with Gasteiger partial charge in [0.2, 0.25) is 0 Å². The average molecular weight is 429 g/mol. The first-order valence-corrected chi connectivity index (χ1v) is 11.1. The molecule has 0 fully saturated rings. The SMILES string of the molecule is CN1C2=CC(Cl)=C(Cl)CC2(C)N=C1C(C)(O)CS(=O)(=O)Cc1ccccc1. The number of amidine groups is 1. The van der Waals surface area contributed by atoms with E-state index in [1.807, 2.05) is 13.0 Å². The van der Waals surface area contributed by atoms with Gasteiger partial charge in [-0.2, -0.15) is 0 Å². The molecule has 27 heavy (non-hydrogen) atoms. The van der Waals surface area contributed by atoms with Crippen molar-refractivity contribution in [3.8, 4) is 0 Å². The third-order valence-corrected chi connectivity index (χ3v) is 7.36. The molecule has 0 radical (unpaired) electrons. The summed E-state index contributed by atoms with van der Waals surface area (Å²) in [7, 11) is -1.82. The van der Waals surface area contributed by atoms with E-state index < -0.39 is 26.7 Å². The van der Waals surface area contributed by atoms with Crippen molar-refractivity contribution in [2.24, 2.45) is 4.99 Å². The number of halogens is 2. The van der Waals surface area contributed by atoms with Gasteiger partial charge in [0, 0.05) is 24.2 Å². The molecule has 1 aromatic rings. The second-order valence-corrected chi connectivity index (χ2v) is 10.4. The average Bonchev–Trinajstić information content (AvgIpc) is 2.80. The molecule has 0 aromatic heterocycles. The number of rotatable bonds is 5. The van der Waals surface area contributed by atoms with Crippen molar-refractivity contribution in [3.63, 3.8) is 0 Å². The van der Waals surface area contributed by atoms with Gasteiger partial charge in [0.1, 0.15) is 17.0 Å². The van der Waals surface area contributed by atoms with Gasteiger partial charge in [-0.1, -0.05) is 53.5 Å². The van der Waals surface area contributed by atoms with Crippen LogP contribution in [-0.2, 0) is 15.6 Å². The molecule has 1 aliphatic carbocycles. The second-order valence-electron chi connectivity index (χ2n) is 7.52. The van der Waals surface area contributed by atoms with E-state index in [4.69, 9.17) is 23.2 Å². The van der Waals surface area contributed by atoms with E-state index in [2.05, 4.69) is 4.99 Å².